The molecule has 3 heterocycles. The van der Waals surface area contributed by atoms with Crippen molar-refractivity contribution in [2.24, 2.45) is 0 Å². The summed E-state index contributed by atoms with van der Waals surface area (Å²) >= 11 is 1.47. The molecule has 0 radical (unpaired) electrons. The second-order valence-corrected chi connectivity index (χ2v) is 7.49. The van der Waals surface area contributed by atoms with E-state index in [1.54, 1.807) is 42.0 Å². The molecule has 1 aliphatic rings. The highest BCUT2D eigenvalue weighted by molar-refractivity contribution is 7.99. The zero-order chi connectivity index (χ0) is 19.7. The lowest BCUT2D eigenvalue weighted by Crippen LogP contribution is -2.31. The molecular weight excluding hydrogens is 383 g/mol. The van der Waals surface area contributed by atoms with Gasteiger partial charge in [0.2, 0.25) is 5.91 Å². The van der Waals surface area contributed by atoms with Crippen LogP contribution in [0.2, 0.25) is 0 Å². The Bertz CT molecular complexity index is 1090. The lowest BCUT2D eigenvalue weighted by molar-refractivity contribution is -0.121. The standard InChI is InChI=1S/C19H17FN4O3S/c1-11-8-22-19-24(18(11)26)13(10-28-19)7-17(25)21-9-12-6-16(27-23-12)14-4-2-3-5-15(14)20/h2-6,8,13H,7,9-10H2,1H3,(H,21,25). The second-order valence-electron chi connectivity index (χ2n) is 6.51. The van der Waals surface area contributed by atoms with E-state index in [2.05, 4.69) is 15.5 Å². The van der Waals surface area contributed by atoms with Crippen LogP contribution >= 0.6 is 11.8 Å². The van der Waals surface area contributed by atoms with Crippen LogP contribution in [-0.4, -0.2) is 26.4 Å². The minimum Gasteiger partial charge on any atom is -0.356 e. The van der Waals surface area contributed by atoms with Crippen LogP contribution in [0.15, 0.2) is 51.0 Å². The average Bonchev–Trinajstić information content (AvgIpc) is 3.31. The molecule has 0 saturated carbocycles. The van der Waals surface area contributed by atoms with Gasteiger partial charge in [-0.1, -0.05) is 29.1 Å². The lowest BCUT2D eigenvalue weighted by atomic mass is 10.1. The number of rotatable bonds is 5. The van der Waals surface area contributed by atoms with Gasteiger partial charge in [0, 0.05) is 30.0 Å². The molecule has 1 amide bonds. The maximum absolute atomic E-state index is 13.8. The molecule has 1 N–H and O–H groups in total. The maximum Gasteiger partial charge on any atom is 0.257 e. The first-order valence-electron chi connectivity index (χ1n) is 8.71. The van der Waals surface area contributed by atoms with Crippen LogP contribution in [0.3, 0.4) is 0 Å². The summed E-state index contributed by atoms with van der Waals surface area (Å²) in [6.45, 7) is 1.87. The van der Waals surface area contributed by atoms with Gasteiger partial charge in [0.15, 0.2) is 10.9 Å². The Morgan fingerprint density at radius 2 is 2.25 bits per heavy atom. The summed E-state index contributed by atoms with van der Waals surface area (Å²) in [4.78, 5) is 28.9. The van der Waals surface area contributed by atoms with Crippen molar-refractivity contribution >= 4 is 17.7 Å². The molecule has 0 aliphatic carbocycles. The number of aryl methyl sites for hydroxylation is 1. The van der Waals surface area contributed by atoms with Crippen molar-refractivity contribution in [2.75, 3.05) is 5.75 Å². The van der Waals surface area contributed by atoms with Gasteiger partial charge in [0.1, 0.15) is 11.5 Å². The summed E-state index contributed by atoms with van der Waals surface area (Å²) in [5, 5.41) is 7.28. The van der Waals surface area contributed by atoms with Crippen LogP contribution in [0.5, 0.6) is 0 Å². The first kappa shape index (κ1) is 18.4. The van der Waals surface area contributed by atoms with Gasteiger partial charge in [-0.15, -0.1) is 0 Å². The Morgan fingerprint density at radius 3 is 3.07 bits per heavy atom. The first-order valence-corrected chi connectivity index (χ1v) is 9.69. The zero-order valence-electron chi connectivity index (χ0n) is 15.0. The molecule has 0 spiro atoms. The second kappa shape index (κ2) is 7.59. The minimum absolute atomic E-state index is 0.112. The molecule has 0 saturated heterocycles. The smallest absolute Gasteiger partial charge is 0.257 e. The van der Waals surface area contributed by atoms with Gasteiger partial charge in [-0.3, -0.25) is 14.2 Å². The SMILES string of the molecule is Cc1cnc2n(c1=O)C(CC(=O)NCc1cc(-c3ccccc3F)on1)CS2. The first-order chi connectivity index (χ1) is 13.5. The quantitative estimate of drug-likeness (QED) is 0.663. The van der Waals surface area contributed by atoms with Crippen molar-refractivity contribution < 1.29 is 13.7 Å². The van der Waals surface area contributed by atoms with Gasteiger partial charge in [0.25, 0.3) is 5.56 Å². The predicted octanol–water partition coefficient (Wildman–Crippen LogP) is 2.70. The van der Waals surface area contributed by atoms with E-state index in [0.717, 1.165) is 0 Å². The molecule has 7 nitrogen and oxygen atoms in total. The third-order valence-electron chi connectivity index (χ3n) is 4.49. The van der Waals surface area contributed by atoms with Crippen LogP contribution in [0.1, 0.15) is 23.7 Å². The fourth-order valence-electron chi connectivity index (χ4n) is 3.03. The summed E-state index contributed by atoms with van der Waals surface area (Å²) < 4.78 is 20.6. The zero-order valence-corrected chi connectivity index (χ0v) is 15.8. The van der Waals surface area contributed by atoms with Crippen LogP contribution in [0.4, 0.5) is 4.39 Å². The third-order valence-corrected chi connectivity index (χ3v) is 5.60. The number of benzene rings is 1. The minimum atomic E-state index is -0.402. The maximum atomic E-state index is 13.8. The summed E-state index contributed by atoms with van der Waals surface area (Å²) in [6.07, 6.45) is 1.73. The molecule has 1 atom stereocenters. The highest BCUT2D eigenvalue weighted by atomic mass is 32.2. The number of halogens is 1. The summed E-state index contributed by atoms with van der Waals surface area (Å²) in [5.41, 5.74) is 1.25. The molecule has 1 aromatic carbocycles. The molecule has 4 rings (SSSR count). The predicted molar refractivity (Wildman–Crippen MR) is 101 cm³/mol. The summed E-state index contributed by atoms with van der Waals surface area (Å²) in [7, 11) is 0. The van der Waals surface area contributed by atoms with E-state index >= 15 is 0 Å². The number of amides is 1. The van der Waals surface area contributed by atoms with Crippen molar-refractivity contribution in [2.45, 2.75) is 31.1 Å². The van der Waals surface area contributed by atoms with E-state index in [1.807, 2.05) is 0 Å². The molecular formula is C19H17FN4O3S. The molecule has 9 heteroatoms. The third kappa shape index (κ3) is 3.57. The molecule has 1 unspecified atom stereocenters. The summed E-state index contributed by atoms with van der Waals surface area (Å²) in [6, 6.07) is 7.61. The van der Waals surface area contributed by atoms with E-state index in [9.17, 15) is 14.0 Å². The van der Waals surface area contributed by atoms with Crippen LogP contribution in [0, 0.1) is 12.7 Å². The Labute approximate surface area is 164 Å². The Balaban J connectivity index is 1.39. The van der Waals surface area contributed by atoms with Crippen molar-refractivity contribution in [1.82, 2.24) is 20.0 Å². The Morgan fingerprint density at radius 1 is 1.43 bits per heavy atom. The number of aromatic nitrogens is 3. The number of hydrogen-bond donors (Lipinski definition) is 1. The number of carbonyl (C=O) groups is 1. The van der Waals surface area contributed by atoms with Gasteiger partial charge < -0.3 is 9.84 Å². The van der Waals surface area contributed by atoms with Gasteiger partial charge in [0.05, 0.1) is 18.2 Å². The number of nitrogens with zero attached hydrogens (tertiary/aromatic N) is 3. The number of nitrogens with one attached hydrogen (secondary N) is 1. The Kier molecular flexibility index (Phi) is 4.99. The monoisotopic (exact) mass is 400 g/mol. The van der Waals surface area contributed by atoms with Crippen molar-refractivity contribution in [3.8, 4) is 11.3 Å². The fraction of sp³-hybridized carbons (Fsp3) is 0.263. The molecule has 0 fully saturated rings. The van der Waals surface area contributed by atoms with Gasteiger partial charge in [-0.25, -0.2) is 9.37 Å². The van der Waals surface area contributed by atoms with E-state index in [0.29, 0.717) is 33.5 Å². The molecule has 2 aromatic heterocycles. The van der Waals surface area contributed by atoms with Crippen molar-refractivity contribution in [1.29, 1.82) is 0 Å². The highest BCUT2D eigenvalue weighted by Gasteiger charge is 2.27. The van der Waals surface area contributed by atoms with Crippen molar-refractivity contribution in [3.63, 3.8) is 0 Å². The number of thioether (sulfide) groups is 1. The van der Waals surface area contributed by atoms with Gasteiger partial charge in [-0.05, 0) is 19.1 Å². The van der Waals surface area contributed by atoms with Crippen LogP contribution in [-0.2, 0) is 11.3 Å². The molecule has 144 valence electrons. The molecule has 3 aromatic rings. The Hall–Kier alpha value is -2.94. The van der Waals surface area contributed by atoms with E-state index < -0.39 is 5.82 Å². The highest BCUT2D eigenvalue weighted by Crippen LogP contribution is 2.31. The van der Waals surface area contributed by atoms with E-state index in [1.165, 1.54) is 17.8 Å². The average molecular weight is 400 g/mol. The van der Waals surface area contributed by atoms with E-state index in [-0.39, 0.29) is 30.5 Å². The number of fused-ring (bicyclic) bond motifs is 1. The van der Waals surface area contributed by atoms with Crippen molar-refractivity contribution in [3.05, 3.63) is 64.0 Å². The normalized spacial score (nSPS) is 15.4. The topological polar surface area (TPSA) is 90.0 Å². The van der Waals surface area contributed by atoms with Crippen LogP contribution < -0.4 is 10.9 Å². The van der Waals surface area contributed by atoms with Gasteiger partial charge in [-0.2, -0.15) is 0 Å². The molecule has 28 heavy (non-hydrogen) atoms. The largest absolute Gasteiger partial charge is 0.356 e. The fourth-order valence-corrected chi connectivity index (χ4v) is 4.14. The number of carbonyl (C=O) groups excluding carboxylic acids is 1. The lowest BCUT2D eigenvalue weighted by Gasteiger charge is -2.13. The number of hydrogen-bond acceptors (Lipinski definition) is 6. The van der Waals surface area contributed by atoms with E-state index in [4.69, 9.17) is 4.52 Å². The van der Waals surface area contributed by atoms with Gasteiger partial charge >= 0.3 is 0 Å². The summed E-state index contributed by atoms with van der Waals surface area (Å²) in [5.74, 6) is 0.320. The molecule has 1 aliphatic heterocycles. The van der Waals surface area contributed by atoms with Crippen LogP contribution in [0.25, 0.3) is 11.3 Å². The molecule has 0 bridgehead atoms.